The number of halogens is 2. The van der Waals surface area contributed by atoms with Crippen LogP contribution >= 0.6 is 11.8 Å². The number of anilines is 1. The molecule has 0 unspecified atom stereocenters. The second kappa shape index (κ2) is 7.94. The molecule has 0 saturated heterocycles. The third-order valence-corrected chi connectivity index (χ3v) is 4.17. The summed E-state index contributed by atoms with van der Waals surface area (Å²) in [7, 11) is 0. The molecular weight excluding hydrogens is 304 g/mol. The second-order valence-electron chi connectivity index (χ2n) is 4.67. The highest BCUT2D eigenvalue weighted by Crippen LogP contribution is 2.21. The first-order valence-corrected chi connectivity index (χ1v) is 8.03. The Morgan fingerprint density at radius 3 is 2.09 bits per heavy atom. The number of hydrogen-bond acceptors (Lipinski definition) is 2. The third kappa shape index (κ3) is 4.56. The van der Waals surface area contributed by atoms with Crippen LogP contribution in [0.4, 0.5) is 14.5 Å². The van der Waals surface area contributed by atoms with Crippen molar-refractivity contribution in [2.45, 2.75) is 18.2 Å². The van der Waals surface area contributed by atoms with Crippen LogP contribution in [-0.2, 0) is 4.79 Å². The lowest BCUT2D eigenvalue weighted by Gasteiger charge is -2.21. The van der Waals surface area contributed by atoms with Gasteiger partial charge < -0.3 is 4.90 Å². The Balaban J connectivity index is 1.89. The van der Waals surface area contributed by atoms with Gasteiger partial charge in [0.25, 0.3) is 0 Å². The zero-order chi connectivity index (χ0) is 15.9. The quantitative estimate of drug-likeness (QED) is 0.730. The van der Waals surface area contributed by atoms with Gasteiger partial charge in [0, 0.05) is 29.3 Å². The summed E-state index contributed by atoms with van der Waals surface area (Å²) in [5.41, 5.74) is 0.695. The molecule has 0 atom stereocenters. The van der Waals surface area contributed by atoms with Crippen LogP contribution in [0.25, 0.3) is 0 Å². The molecule has 0 radical (unpaired) electrons. The van der Waals surface area contributed by atoms with Gasteiger partial charge in [-0.15, -0.1) is 11.8 Å². The van der Waals surface area contributed by atoms with Crippen LogP contribution in [0.5, 0.6) is 0 Å². The number of amides is 1. The molecule has 0 bridgehead atoms. The number of carbonyl (C=O) groups is 1. The molecule has 1 amide bonds. The van der Waals surface area contributed by atoms with Crippen LogP contribution in [0, 0.1) is 11.6 Å². The second-order valence-corrected chi connectivity index (χ2v) is 5.84. The van der Waals surface area contributed by atoms with Gasteiger partial charge in [0.1, 0.15) is 11.6 Å². The third-order valence-electron chi connectivity index (χ3n) is 3.15. The van der Waals surface area contributed by atoms with Gasteiger partial charge >= 0.3 is 0 Å². The highest BCUT2D eigenvalue weighted by Gasteiger charge is 2.13. The van der Waals surface area contributed by atoms with E-state index in [9.17, 15) is 13.6 Å². The number of hydrogen-bond donors (Lipinski definition) is 0. The maximum Gasteiger partial charge on any atom is 0.227 e. The Kier molecular flexibility index (Phi) is 5.95. The van der Waals surface area contributed by atoms with E-state index >= 15 is 0 Å². The summed E-state index contributed by atoms with van der Waals surface area (Å²) in [6, 6.07) is 12.1. The van der Waals surface area contributed by atoms with Crippen molar-refractivity contribution in [2.24, 2.45) is 0 Å². The summed E-state index contributed by atoms with van der Waals surface area (Å²) in [4.78, 5) is 14.8. The van der Waals surface area contributed by atoms with Crippen LogP contribution in [-0.4, -0.2) is 18.2 Å². The van der Waals surface area contributed by atoms with E-state index < -0.39 is 0 Å². The Morgan fingerprint density at radius 1 is 1.00 bits per heavy atom. The van der Waals surface area contributed by atoms with E-state index in [1.165, 1.54) is 36.0 Å². The van der Waals surface area contributed by atoms with Gasteiger partial charge in [-0.3, -0.25) is 4.79 Å². The van der Waals surface area contributed by atoms with Crippen LogP contribution in [0.15, 0.2) is 53.4 Å². The molecule has 2 rings (SSSR count). The Hall–Kier alpha value is -1.88. The predicted octanol–water partition coefficient (Wildman–Crippen LogP) is 4.50. The van der Waals surface area contributed by atoms with Crippen molar-refractivity contribution in [3.05, 3.63) is 60.2 Å². The van der Waals surface area contributed by atoms with Crippen LogP contribution < -0.4 is 4.90 Å². The molecule has 0 aliphatic heterocycles. The van der Waals surface area contributed by atoms with Gasteiger partial charge in [-0.05, 0) is 55.5 Å². The fraction of sp³-hybridized carbons (Fsp3) is 0.235. The maximum atomic E-state index is 12.9. The lowest BCUT2D eigenvalue weighted by Crippen LogP contribution is -2.30. The van der Waals surface area contributed by atoms with E-state index in [-0.39, 0.29) is 17.5 Å². The molecule has 5 heteroatoms. The van der Waals surface area contributed by atoms with Gasteiger partial charge in [0.15, 0.2) is 0 Å². The summed E-state index contributed by atoms with van der Waals surface area (Å²) in [5.74, 6) is 0.0130. The molecule has 0 heterocycles. The minimum atomic E-state index is -0.320. The summed E-state index contributed by atoms with van der Waals surface area (Å²) < 4.78 is 25.7. The van der Waals surface area contributed by atoms with E-state index in [2.05, 4.69) is 0 Å². The average Bonchev–Trinajstić information content (AvgIpc) is 2.52. The largest absolute Gasteiger partial charge is 0.313 e. The van der Waals surface area contributed by atoms with Crippen molar-refractivity contribution in [3.63, 3.8) is 0 Å². The molecule has 0 saturated carbocycles. The van der Waals surface area contributed by atoms with Crippen molar-refractivity contribution in [1.29, 1.82) is 0 Å². The number of nitrogens with zero attached hydrogens (tertiary/aromatic N) is 1. The maximum absolute atomic E-state index is 12.9. The van der Waals surface area contributed by atoms with Gasteiger partial charge in [-0.1, -0.05) is 0 Å². The van der Waals surface area contributed by atoms with Crippen molar-refractivity contribution in [3.8, 4) is 0 Å². The summed E-state index contributed by atoms with van der Waals surface area (Å²) in [5, 5.41) is 0. The van der Waals surface area contributed by atoms with Crippen LogP contribution in [0.3, 0.4) is 0 Å². The van der Waals surface area contributed by atoms with Gasteiger partial charge in [-0.2, -0.15) is 0 Å². The number of carbonyl (C=O) groups excluding carboxylic acids is 1. The number of benzene rings is 2. The minimum Gasteiger partial charge on any atom is -0.313 e. The van der Waals surface area contributed by atoms with Gasteiger partial charge in [0.2, 0.25) is 5.91 Å². The van der Waals surface area contributed by atoms with E-state index in [4.69, 9.17) is 0 Å². The standard InChI is InChI=1S/C17H17F2NOS/c1-2-20(15-7-3-13(18)4-8-15)17(21)11-12-22-16-9-5-14(19)6-10-16/h3-10H,2,11-12H2,1H3. The fourth-order valence-electron chi connectivity index (χ4n) is 2.05. The average molecular weight is 321 g/mol. The van der Waals surface area contributed by atoms with Gasteiger partial charge in [-0.25, -0.2) is 8.78 Å². The SMILES string of the molecule is CCN(C(=O)CCSc1ccc(F)cc1)c1ccc(F)cc1. The molecule has 0 aliphatic rings. The molecule has 0 fully saturated rings. The van der Waals surface area contributed by atoms with Crippen molar-refractivity contribution < 1.29 is 13.6 Å². The van der Waals surface area contributed by atoms with Crippen molar-refractivity contribution in [1.82, 2.24) is 0 Å². The number of rotatable bonds is 6. The van der Waals surface area contributed by atoms with E-state index in [1.54, 1.807) is 29.2 Å². The smallest absolute Gasteiger partial charge is 0.227 e. The van der Waals surface area contributed by atoms with E-state index in [0.29, 0.717) is 24.4 Å². The summed E-state index contributed by atoms with van der Waals surface area (Å²) in [6.07, 6.45) is 0.368. The summed E-state index contributed by atoms with van der Waals surface area (Å²) >= 11 is 1.51. The molecule has 22 heavy (non-hydrogen) atoms. The molecule has 116 valence electrons. The molecule has 0 N–H and O–H groups in total. The zero-order valence-electron chi connectivity index (χ0n) is 12.3. The lowest BCUT2D eigenvalue weighted by atomic mass is 10.2. The predicted molar refractivity (Wildman–Crippen MR) is 86.2 cm³/mol. The van der Waals surface area contributed by atoms with Gasteiger partial charge in [0.05, 0.1) is 0 Å². The first-order chi connectivity index (χ1) is 10.6. The minimum absolute atomic E-state index is 0.0104. The lowest BCUT2D eigenvalue weighted by molar-refractivity contribution is -0.118. The molecule has 0 aromatic heterocycles. The number of thioether (sulfide) groups is 1. The Morgan fingerprint density at radius 2 is 1.55 bits per heavy atom. The zero-order valence-corrected chi connectivity index (χ0v) is 13.1. The first-order valence-electron chi connectivity index (χ1n) is 7.04. The molecular formula is C17H17F2NOS. The first kappa shape index (κ1) is 16.5. The normalized spacial score (nSPS) is 10.5. The topological polar surface area (TPSA) is 20.3 Å². The van der Waals surface area contributed by atoms with Crippen LogP contribution in [0.2, 0.25) is 0 Å². The monoisotopic (exact) mass is 321 g/mol. The van der Waals surface area contributed by atoms with Crippen LogP contribution in [0.1, 0.15) is 13.3 Å². The van der Waals surface area contributed by atoms with Crippen molar-refractivity contribution >= 4 is 23.4 Å². The van der Waals surface area contributed by atoms with E-state index in [1.807, 2.05) is 6.92 Å². The molecule has 0 spiro atoms. The summed E-state index contributed by atoms with van der Waals surface area (Å²) in [6.45, 7) is 2.42. The molecule has 2 aromatic carbocycles. The highest BCUT2D eigenvalue weighted by molar-refractivity contribution is 7.99. The molecule has 0 aliphatic carbocycles. The fourth-order valence-corrected chi connectivity index (χ4v) is 2.89. The Labute approximate surface area is 133 Å². The van der Waals surface area contributed by atoms with E-state index in [0.717, 1.165) is 4.90 Å². The van der Waals surface area contributed by atoms with Crippen molar-refractivity contribution in [2.75, 3.05) is 17.2 Å². The highest BCUT2D eigenvalue weighted by atomic mass is 32.2. The molecule has 2 aromatic rings. The Bertz CT molecular complexity index is 614. The molecule has 2 nitrogen and oxygen atoms in total.